The molecule has 31 heavy (non-hydrogen) atoms. The van der Waals surface area contributed by atoms with Gasteiger partial charge in [-0.2, -0.15) is 0 Å². The Morgan fingerprint density at radius 2 is 1.97 bits per heavy atom. The Balaban J connectivity index is 1.56. The molecule has 1 saturated heterocycles. The monoisotopic (exact) mass is 480 g/mol. The lowest BCUT2D eigenvalue weighted by Crippen LogP contribution is -2.36. The van der Waals surface area contributed by atoms with E-state index in [1.807, 2.05) is 41.0 Å². The number of ether oxygens (including phenoxy) is 1. The van der Waals surface area contributed by atoms with Crippen LogP contribution in [0.4, 0.5) is 5.82 Å². The summed E-state index contributed by atoms with van der Waals surface area (Å²) in [5.74, 6) is 1.44. The van der Waals surface area contributed by atoms with Gasteiger partial charge in [-0.05, 0) is 71.7 Å². The Bertz CT molecular complexity index is 1270. The highest BCUT2D eigenvalue weighted by Crippen LogP contribution is 2.28. The predicted molar refractivity (Wildman–Crippen MR) is 123 cm³/mol. The molecular weight excluding hydrogens is 460 g/mol. The van der Waals surface area contributed by atoms with Crippen LogP contribution in [0.5, 0.6) is 11.6 Å². The molecule has 8 nitrogen and oxygen atoms in total. The van der Waals surface area contributed by atoms with E-state index >= 15 is 0 Å². The zero-order chi connectivity index (χ0) is 21.4. The van der Waals surface area contributed by atoms with Crippen molar-refractivity contribution >= 4 is 32.8 Å². The lowest BCUT2D eigenvalue weighted by Gasteiger charge is -2.23. The van der Waals surface area contributed by atoms with Gasteiger partial charge in [0.2, 0.25) is 5.88 Å². The van der Waals surface area contributed by atoms with Gasteiger partial charge >= 0.3 is 5.69 Å². The van der Waals surface area contributed by atoms with Crippen LogP contribution >= 0.6 is 15.9 Å². The van der Waals surface area contributed by atoms with Gasteiger partial charge in [0.1, 0.15) is 17.1 Å². The first-order valence-corrected chi connectivity index (χ1v) is 10.9. The number of nitrogens with zero attached hydrogens (tertiary/aromatic N) is 4. The van der Waals surface area contributed by atoms with Crippen molar-refractivity contribution in [2.24, 2.45) is 0 Å². The van der Waals surface area contributed by atoms with Crippen molar-refractivity contribution < 1.29 is 4.74 Å². The second-order valence-corrected chi connectivity index (χ2v) is 8.38. The largest absolute Gasteiger partial charge is 0.439 e. The van der Waals surface area contributed by atoms with Crippen molar-refractivity contribution in [3.63, 3.8) is 0 Å². The third-order valence-electron chi connectivity index (χ3n) is 5.47. The molecule has 9 heteroatoms. The highest BCUT2D eigenvalue weighted by Gasteiger charge is 2.24. The van der Waals surface area contributed by atoms with Gasteiger partial charge in [-0.15, -0.1) is 0 Å². The van der Waals surface area contributed by atoms with Crippen LogP contribution in [0.1, 0.15) is 18.9 Å². The number of pyridine rings is 2. The number of imidazole rings is 1. The van der Waals surface area contributed by atoms with Crippen molar-refractivity contribution in [1.29, 1.82) is 0 Å². The number of anilines is 1. The van der Waals surface area contributed by atoms with Gasteiger partial charge in [0, 0.05) is 29.5 Å². The Morgan fingerprint density at radius 3 is 2.68 bits per heavy atom. The van der Waals surface area contributed by atoms with Crippen LogP contribution in [0.25, 0.3) is 16.7 Å². The summed E-state index contributed by atoms with van der Waals surface area (Å²) in [5, 5.41) is 3.38. The number of nitrogens with two attached hydrogens (primary N) is 1. The number of benzene rings is 1. The van der Waals surface area contributed by atoms with Gasteiger partial charge < -0.3 is 15.8 Å². The molecule has 5 rings (SSSR count). The first kappa shape index (κ1) is 19.8. The molecule has 0 radical (unpaired) electrons. The maximum absolute atomic E-state index is 13.5. The van der Waals surface area contributed by atoms with E-state index < -0.39 is 0 Å². The van der Waals surface area contributed by atoms with Crippen LogP contribution in [0.15, 0.2) is 64.1 Å². The van der Waals surface area contributed by atoms with E-state index in [9.17, 15) is 4.79 Å². The minimum atomic E-state index is -0.119. The fraction of sp³-hybridized carbons (Fsp3) is 0.227. The lowest BCUT2D eigenvalue weighted by atomic mass is 10.1. The van der Waals surface area contributed by atoms with Gasteiger partial charge in [0.15, 0.2) is 0 Å². The summed E-state index contributed by atoms with van der Waals surface area (Å²) >= 11 is 3.36. The summed E-state index contributed by atoms with van der Waals surface area (Å²) in [5.41, 5.74) is 8.22. The minimum Gasteiger partial charge on any atom is -0.439 e. The van der Waals surface area contributed by atoms with Crippen LogP contribution in [0.3, 0.4) is 0 Å². The minimum absolute atomic E-state index is 0.0814. The summed E-state index contributed by atoms with van der Waals surface area (Å²) in [4.78, 5) is 22.0. The van der Waals surface area contributed by atoms with Crippen LogP contribution in [-0.2, 0) is 0 Å². The molecule has 3 aromatic heterocycles. The number of hydrogen-bond donors (Lipinski definition) is 2. The highest BCUT2D eigenvalue weighted by molar-refractivity contribution is 9.10. The molecule has 4 heterocycles. The van der Waals surface area contributed by atoms with E-state index in [0.717, 1.165) is 35.9 Å². The lowest BCUT2D eigenvalue weighted by molar-refractivity contribution is 0.370. The Hall–Kier alpha value is -3.17. The molecule has 0 unspecified atom stereocenters. The zero-order valence-corrected chi connectivity index (χ0v) is 18.2. The topological polar surface area (TPSA) is 100.0 Å². The van der Waals surface area contributed by atoms with E-state index in [2.05, 4.69) is 31.2 Å². The first-order valence-electron chi connectivity index (χ1n) is 10.1. The second kappa shape index (κ2) is 8.16. The predicted octanol–water partition coefficient (Wildman–Crippen LogP) is 3.64. The SMILES string of the molecule is Nc1nccc2c1n(-c1ccc(Oc3ccc(Br)cn3)cc1)c(=O)n2[C@@H]1CCCNC1. The number of aromatic nitrogens is 4. The summed E-state index contributed by atoms with van der Waals surface area (Å²) < 4.78 is 10.2. The van der Waals surface area contributed by atoms with Crippen LogP contribution in [0, 0.1) is 0 Å². The molecule has 0 bridgehead atoms. The summed E-state index contributed by atoms with van der Waals surface area (Å²) in [6.07, 6.45) is 5.30. The average Bonchev–Trinajstić information content (AvgIpc) is 3.09. The summed E-state index contributed by atoms with van der Waals surface area (Å²) in [7, 11) is 0. The summed E-state index contributed by atoms with van der Waals surface area (Å²) in [6.45, 7) is 1.73. The van der Waals surface area contributed by atoms with Gasteiger partial charge in [-0.25, -0.2) is 14.8 Å². The number of nitrogens with one attached hydrogen (secondary N) is 1. The molecule has 1 atom stereocenters. The van der Waals surface area contributed by atoms with Gasteiger partial charge in [0.25, 0.3) is 0 Å². The van der Waals surface area contributed by atoms with Crippen molar-refractivity contribution in [3.8, 4) is 17.3 Å². The number of hydrogen-bond acceptors (Lipinski definition) is 6. The van der Waals surface area contributed by atoms with E-state index in [1.54, 1.807) is 23.0 Å². The van der Waals surface area contributed by atoms with Crippen LogP contribution < -0.4 is 21.5 Å². The smallest absolute Gasteiger partial charge is 0.334 e. The van der Waals surface area contributed by atoms with Crippen molar-refractivity contribution in [2.45, 2.75) is 18.9 Å². The maximum atomic E-state index is 13.5. The molecule has 158 valence electrons. The molecule has 0 saturated carbocycles. The number of rotatable bonds is 4. The molecule has 1 fully saturated rings. The Kier molecular flexibility index (Phi) is 5.21. The molecule has 1 aromatic carbocycles. The molecular formula is C22H21BrN6O2. The van der Waals surface area contributed by atoms with E-state index in [0.29, 0.717) is 28.7 Å². The molecule has 0 amide bonds. The fourth-order valence-corrected chi connectivity index (χ4v) is 4.28. The van der Waals surface area contributed by atoms with Gasteiger partial charge in [0.05, 0.1) is 17.2 Å². The average molecular weight is 481 g/mol. The van der Waals surface area contributed by atoms with E-state index in [-0.39, 0.29) is 11.7 Å². The molecule has 4 aromatic rings. The van der Waals surface area contributed by atoms with E-state index in [1.165, 1.54) is 0 Å². The number of fused-ring (bicyclic) bond motifs is 1. The van der Waals surface area contributed by atoms with Gasteiger partial charge in [-0.1, -0.05) is 0 Å². The summed E-state index contributed by atoms with van der Waals surface area (Å²) in [6, 6.07) is 12.9. The molecule has 0 spiro atoms. The second-order valence-electron chi connectivity index (χ2n) is 7.46. The van der Waals surface area contributed by atoms with Crippen molar-refractivity contribution in [2.75, 3.05) is 18.8 Å². The van der Waals surface area contributed by atoms with Crippen molar-refractivity contribution in [1.82, 2.24) is 24.4 Å². The number of halogens is 1. The van der Waals surface area contributed by atoms with Crippen LogP contribution in [0.2, 0.25) is 0 Å². The fourth-order valence-electron chi connectivity index (χ4n) is 4.04. The number of piperidine rings is 1. The first-order chi connectivity index (χ1) is 15.1. The quantitative estimate of drug-likeness (QED) is 0.462. The van der Waals surface area contributed by atoms with E-state index in [4.69, 9.17) is 10.5 Å². The molecule has 1 aliphatic heterocycles. The highest BCUT2D eigenvalue weighted by atomic mass is 79.9. The molecule has 3 N–H and O–H groups in total. The molecule has 1 aliphatic rings. The number of nitrogen functional groups attached to an aromatic ring is 1. The normalized spacial score (nSPS) is 16.5. The third-order valence-corrected chi connectivity index (χ3v) is 5.93. The Labute approximate surface area is 186 Å². The van der Waals surface area contributed by atoms with Crippen molar-refractivity contribution in [3.05, 3.63) is 69.8 Å². The standard InChI is InChI=1S/C22H21BrN6O2/c23-14-3-8-19(27-12-14)31-17-6-4-15(5-7-17)29-20-18(9-11-26-21(20)24)28(22(29)30)16-2-1-10-25-13-16/h3-9,11-12,16,25H,1-2,10,13H2,(H2,24,26)/t16-/m1/s1. The zero-order valence-electron chi connectivity index (χ0n) is 16.7. The Morgan fingerprint density at radius 1 is 1.13 bits per heavy atom. The maximum Gasteiger partial charge on any atom is 0.334 e. The molecule has 0 aliphatic carbocycles. The van der Waals surface area contributed by atoms with Gasteiger partial charge in [-0.3, -0.25) is 9.13 Å². The third kappa shape index (κ3) is 3.70. The van der Waals surface area contributed by atoms with Crippen LogP contribution in [-0.4, -0.2) is 32.2 Å².